The van der Waals surface area contributed by atoms with E-state index in [1.165, 1.54) is 13.3 Å². The van der Waals surface area contributed by atoms with Gasteiger partial charge in [0.05, 0.1) is 12.7 Å². The Morgan fingerprint density at radius 2 is 1.94 bits per heavy atom. The lowest BCUT2D eigenvalue weighted by molar-refractivity contribution is 0.0601. The van der Waals surface area contributed by atoms with E-state index in [2.05, 4.69) is 9.97 Å². The molecule has 0 spiro atoms. The molecule has 0 N–H and O–H groups in total. The average Bonchev–Trinajstić information content (AvgIpc) is 2.36. The highest BCUT2D eigenvalue weighted by Crippen LogP contribution is 2.27. The smallest absolute Gasteiger partial charge is 0.338 e. The molecule has 0 bridgehead atoms. The van der Waals surface area contributed by atoms with Crippen LogP contribution in [-0.2, 0) is 4.74 Å². The Hall–Kier alpha value is -1.65. The van der Waals surface area contributed by atoms with Crippen LogP contribution >= 0.6 is 23.2 Å². The van der Waals surface area contributed by atoms with Crippen molar-refractivity contribution in [3.8, 4) is 11.1 Å². The molecule has 0 aliphatic rings. The molecule has 6 heteroatoms. The SMILES string of the molecule is COC(=O)c1ccncc1-c1cc(Cl)nc(Cl)c1. The van der Waals surface area contributed by atoms with Crippen LogP contribution in [-0.4, -0.2) is 23.0 Å². The van der Waals surface area contributed by atoms with E-state index < -0.39 is 5.97 Å². The molecule has 92 valence electrons. The standard InChI is InChI=1S/C12H8Cl2N2O2/c1-18-12(17)8-2-3-15-6-9(8)7-4-10(13)16-11(14)5-7/h2-6H,1H3. The lowest BCUT2D eigenvalue weighted by Crippen LogP contribution is -2.04. The summed E-state index contributed by atoms with van der Waals surface area (Å²) in [6, 6.07) is 4.79. The van der Waals surface area contributed by atoms with Crippen molar-refractivity contribution in [2.24, 2.45) is 0 Å². The van der Waals surface area contributed by atoms with E-state index in [9.17, 15) is 4.79 Å². The second-order valence-electron chi connectivity index (χ2n) is 3.41. The van der Waals surface area contributed by atoms with Crippen molar-refractivity contribution in [2.45, 2.75) is 0 Å². The quantitative estimate of drug-likeness (QED) is 0.627. The second-order valence-corrected chi connectivity index (χ2v) is 4.19. The predicted octanol–water partition coefficient (Wildman–Crippen LogP) is 3.24. The van der Waals surface area contributed by atoms with E-state index in [1.807, 2.05) is 0 Å². The molecule has 0 amide bonds. The highest BCUT2D eigenvalue weighted by atomic mass is 35.5. The molecule has 2 rings (SSSR count). The Kier molecular flexibility index (Phi) is 3.79. The molecule has 2 aromatic rings. The third-order valence-corrected chi connectivity index (χ3v) is 2.69. The van der Waals surface area contributed by atoms with Gasteiger partial charge in [-0.25, -0.2) is 9.78 Å². The van der Waals surface area contributed by atoms with Crippen molar-refractivity contribution in [1.29, 1.82) is 0 Å². The summed E-state index contributed by atoms with van der Waals surface area (Å²) in [6.07, 6.45) is 3.06. The van der Waals surface area contributed by atoms with Crippen LogP contribution in [0.1, 0.15) is 10.4 Å². The van der Waals surface area contributed by atoms with E-state index in [-0.39, 0.29) is 10.3 Å². The second kappa shape index (κ2) is 5.33. The van der Waals surface area contributed by atoms with Gasteiger partial charge in [-0.3, -0.25) is 4.98 Å². The van der Waals surface area contributed by atoms with Crippen LogP contribution in [0.2, 0.25) is 10.3 Å². The number of halogens is 2. The minimum atomic E-state index is -0.448. The van der Waals surface area contributed by atoms with Gasteiger partial charge in [0.2, 0.25) is 0 Å². The zero-order chi connectivity index (χ0) is 13.1. The van der Waals surface area contributed by atoms with Gasteiger partial charge in [-0.1, -0.05) is 23.2 Å². The number of methoxy groups -OCH3 is 1. The first kappa shape index (κ1) is 12.8. The van der Waals surface area contributed by atoms with Crippen molar-refractivity contribution in [2.75, 3.05) is 7.11 Å². The van der Waals surface area contributed by atoms with Gasteiger partial charge < -0.3 is 4.74 Å². The van der Waals surface area contributed by atoms with Crippen LogP contribution in [0.25, 0.3) is 11.1 Å². The first-order chi connectivity index (χ1) is 8.61. The maximum atomic E-state index is 11.6. The molecule has 0 unspecified atom stereocenters. The van der Waals surface area contributed by atoms with Gasteiger partial charge in [-0.15, -0.1) is 0 Å². The van der Waals surface area contributed by atoms with Crippen molar-refractivity contribution < 1.29 is 9.53 Å². The van der Waals surface area contributed by atoms with Gasteiger partial charge in [0.15, 0.2) is 0 Å². The number of aromatic nitrogens is 2. The first-order valence-electron chi connectivity index (χ1n) is 4.97. The summed E-state index contributed by atoms with van der Waals surface area (Å²) in [5.41, 5.74) is 1.65. The molecule has 0 saturated heterocycles. The molecule has 4 nitrogen and oxygen atoms in total. The largest absolute Gasteiger partial charge is 0.465 e. The van der Waals surface area contributed by atoms with E-state index >= 15 is 0 Å². The first-order valence-corrected chi connectivity index (χ1v) is 5.73. The molecule has 0 aliphatic heterocycles. The molecule has 0 aliphatic carbocycles. The Balaban J connectivity index is 2.60. The van der Waals surface area contributed by atoms with E-state index in [0.717, 1.165) is 0 Å². The van der Waals surface area contributed by atoms with Crippen molar-refractivity contribution in [3.05, 3.63) is 46.5 Å². The third kappa shape index (κ3) is 2.60. The number of pyridine rings is 2. The molecule has 18 heavy (non-hydrogen) atoms. The fourth-order valence-electron chi connectivity index (χ4n) is 1.53. The van der Waals surface area contributed by atoms with Crippen LogP contribution in [0.15, 0.2) is 30.6 Å². The monoisotopic (exact) mass is 282 g/mol. The van der Waals surface area contributed by atoms with Gasteiger partial charge in [0.1, 0.15) is 10.3 Å². The summed E-state index contributed by atoms with van der Waals surface area (Å²) in [5.74, 6) is -0.448. The Morgan fingerprint density at radius 1 is 1.28 bits per heavy atom. The van der Waals surface area contributed by atoms with Gasteiger partial charge in [-0.05, 0) is 23.8 Å². The minimum absolute atomic E-state index is 0.247. The van der Waals surface area contributed by atoms with E-state index in [0.29, 0.717) is 16.7 Å². The fraction of sp³-hybridized carbons (Fsp3) is 0.0833. The predicted molar refractivity (Wildman–Crippen MR) is 68.8 cm³/mol. The summed E-state index contributed by atoms with van der Waals surface area (Å²) in [7, 11) is 1.32. The number of hydrogen-bond donors (Lipinski definition) is 0. The topological polar surface area (TPSA) is 52.1 Å². The summed E-state index contributed by atoms with van der Waals surface area (Å²) in [5, 5.41) is 0.495. The van der Waals surface area contributed by atoms with Gasteiger partial charge in [0.25, 0.3) is 0 Å². The van der Waals surface area contributed by atoms with Crippen molar-refractivity contribution >= 4 is 29.2 Å². The normalized spacial score (nSPS) is 10.2. The lowest BCUT2D eigenvalue weighted by atomic mass is 10.0. The number of esters is 1. The summed E-state index contributed by atoms with van der Waals surface area (Å²) in [6.45, 7) is 0. The number of nitrogens with zero attached hydrogens (tertiary/aromatic N) is 2. The van der Waals surface area contributed by atoms with Crippen LogP contribution < -0.4 is 0 Å². The Bertz CT molecular complexity index is 582. The number of rotatable bonds is 2. The molecule has 0 aromatic carbocycles. The van der Waals surface area contributed by atoms with Crippen LogP contribution in [0.3, 0.4) is 0 Å². The van der Waals surface area contributed by atoms with Crippen LogP contribution in [0.4, 0.5) is 0 Å². The molecule has 0 atom stereocenters. The molecule has 2 heterocycles. The van der Waals surface area contributed by atoms with Gasteiger partial charge >= 0.3 is 5.97 Å². The maximum Gasteiger partial charge on any atom is 0.338 e. The van der Waals surface area contributed by atoms with Crippen LogP contribution in [0.5, 0.6) is 0 Å². The number of hydrogen-bond acceptors (Lipinski definition) is 4. The van der Waals surface area contributed by atoms with Gasteiger partial charge in [-0.2, -0.15) is 0 Å². The number of carbonyl (C=O) groups is 1. The number of ether oxygens (including phenoxy) is 1. The summed E-state index contributed by atoms with van der Waals surface area (Å²) >= 11 is 11.7. The third-order valence-electron chi connectivity index (χ3n) is 2.30. The molecule has 0 radical (unpaired) electrons. The number of carbonyl (C=O) groups excluding carboxylic acids is 1. The van der Waals surface area contributed by atoms with Crippen molar-refractivity contribution in [1.82, 2.24) is 9.97 Å². The molecule has 0 fully saturated rings. The zero-order valence-electron chi connectivity index (χ0n) is 9.35. The Labute approximate surface area is 114 Å². The summed E-state index contributed by atoms with van der Waals surface area (Å²) < 4.78 is 4.71. The lowest BCUT2D eigenvalue weighted by Gasteiger charge is -2.07. The fourth-order valence-corrected chi connectivity index (χ4v) is 1.99. The van der Waals surface area contributed by atoms with E-state index in [1.54, 1.807) is 24.4 Å². The summed E-state index contributed by atoms with van der Waals surface area (Å²) in [4.78, 5) is 19.5. The molecular weight excluding hydrogens is 275 g/mol. The highest BCUT2D eigenvalue weighted by Gasteiger charge is 2.14. The Morgan fingerprint density at radius 3 is 2.56 bits per heavy atom. The van der Waals surface area contributed by atoms with E-state index in [4.69, 9.17) is 27.9 Å². The molecule has 0 saturated carbocycles. The van der Waals surface area contributed by atoms with Crippen LogP contribution in [0, 0.1) is 0 Å². The zero-order valence-corrected chi connectivity index (χ0v) is 10.9. The highest BCUT2D eigenvalue weighted by molar-refractivity contribution is 6.32. The van der Waals surface area contributed by atoms with Crippen molar-refractivity contribution in [3.63, 3.8) is 0 Å². The average molecular weight is 283 g/mol. The maximum absolute atomic E-state index is 11.6. The molecular formula is C12H8Cl2N2O2. The minimum Gasteiger partial charge on any atom is -0.465 e. The van der Waals surface area contributed by atoms with Gasteiger partial charge in [0, 0.05) is 18.0 Å². The molecule has 2 aromatic heterocycles.